The highest BCUT2D eigenvalue weighted by Gasteiger charge is 2.12. The normalized spacial score (nSPS) is 12.1. The lowest BCUT2D eigenvalue weighted by Crippen LogP contribution is -2.24. The minimum atomic E-state index is -0.495. The van der Waals surface area contributed by atoms with Gasteiger partial charge < -0.3 is 4.74 Å². The molecule has 1 rings (SSSR count). The predicted molar refractivity (Wildman–Crippen MR) is 59.4 cm³/mol. The number of methoxy groups -OCH3 is 1. The fourth-order valence-corrected chi connectivity index (χ4v) is 1.45. The second kappa shape index (κ2) is 6.21. The molecule has 0 radical (unpaired) electrons. The molecule has 0 amide bonds. The van der Waals surface area contributed by atoms with Gasteiger partial charge in [-0.3, -0.25) is 5.32 Å². The Bertz CT molecular complexity index is 387. The summed E-state index contributed by atoms with van der Waals surface area (Å²) in [6.45, 7) is 2.94. The van der Waals surface area contributed by atoms with Gasteiger partial charge in [-0.1, -0.05) is 6.07 Å². The Morgan fingerprint density at radius 3 is 2.94 bits per heavy atom. The highest BCUT2D eigenvalue weighted by molar-refractivity contribution is 5.32. The molecular weight excluding hydrogens is 207 g/mol. The first-order chi connectivity index (χ1) is 7.69. The minimum Gasteiger partial charge on any atom is -0.383 e. The summed E-state index contributed by atoms with van der Waals surface area (Å²) in [5.41, 5.74) is 1.58. The smallest absolute Gasteiger partial charge is 0.123 e. The molecule has 86 valence electrons. The van der Waals surface area contributed by atoms with Gasteiger partial charge in [-0.15, -0.1) is 0 Å². The number of halogens is 1. The van der Waals surface area contributed by atoms with E-state index in [1.165, 1.54) is 12.1 Å². The van der Waals surface area contributed by atoms with E-state index >= 15 is 0 Å². The molecule has 0 aromatic heterocycles. The lowest BCUT2D eigenvalue weighted by atomic mass is 10.0. The lowest BCUT2D eigenvalue weighted by molar-refractivity contribution is 0.198. The fraction of sp³-hybridized carbons (Fsp3) is 0.417. The standard InChI is InChI=1S/C12H15FN2O/c1-9-3-4-10(13)7-11(9)12(8-14)15-5-6-16-2/h3-4,7,12,15H,5-6H2,1-2H3. The number of aryl methyl sites for hydroxylation is 1. The average molecular weight is 222 g/mol. The molecule has 1 unspecified atom stereocenters. The van der Waals surface area contributed by atoms with E-state index in [1.54, 1.807) is 13.2 Å². The van der Waals surface area contributed by atoms with Crippen molar-refractivity contribution in [2.45, 2.75) is 13.0 Å². The molecule has 1 aromatic rings. The monoisotopic (exact) mass is 222 g/mol. The van der Waals surface area contributed by atoms with Crippen molar-refractivity contribution in [1.29, 1.82) is 5.26 Å². The van der Waals surface area contributed by atoms with Crippen LogP contribution in [-0.2, 0) is 4.74 Å². The molecule has 1 aromatic carbocycles. The number of nitriles is 1. The van der Waals surface area contributed by atoms with Crippen molar-refractivity contribution in [2.24, 2.45) is 0 Å². The molecule has 0 saturated heterocycles. The summed E-state index contributed by atoms with van der Waals surface area (Å²) in [7, 11) is 1.59. The Labute approximate surface area is 94.8 Å². The van der Waals surface area contributed by atoms with E-state index in [0.29, 0.717) is 18.7 Å². The lowest BCUT2D eigenvalue weighted by Gasteiger charge is -2.14. The number of hydrogen-bond donors (Lipinski definition) is 1. The van der Waals surface area contributed by atoms with Gasteiger partial charge in [0.25, 0.3) is 0 Å². The molecule has 1 N–H and O–H groups in total. The highest BCUT2D eigenvalue weighted by atomic mass is 19.1. The summed E-state index contributed by atoms with van der Waals surface area (Å²) in [6.07, 6.45) is 0. The van der Waals surface area contributed by atoms with Crippen LogP contribution in [0.1, 0.15) is 17.2 Å². The van der Waals surface area contributed by atoms with Crippen molar-refractivity contribution in [3.05, 3.63) is 35.1 Å². The first kappa shape index (κ1) is 12.6. The Hall–Kier alpha value is -1.44. The molecule has 0 spiro atoms. The Balaban J connectivity index is 2.79. The van der Waals surface area contributed by atoms with Gasteiger partial charge >= 0.3 is 0 Å². The van der Waals surface area contributed by atoms with Crippen LogP contribution in [0.25, 0.3) is 0 Å². The highest BCUT2D eigenvalue weighted by Crippen LogP contribution is 2.18. The SMILES string of the molecule is COCCNC(C#N)c1cc(F)ccc1C. The predicted octanol–water partition coefficient (Wildman–Crippen LogP) is 1.93. The van der Waals surface area contributed by atoms with Gasteiger partial charge in [0.2, 0.25) is 0 Å². The summed E-state index contributed by atoms with van der Waals surface area (Å²) in [5.74, 6) is -0.325. The molecule has 0 saturated carbocycles. The Morgan fingerprint density at radius 2 is 2.31 bits per heavy atom. The molecule has 0 aliphatic carbocycles. The molecule has 3 nitrogen and oxygen atoms in total. The Morgan fingerprint density at radius 1 is 1.56 bits per heavy atom. The van der Waals surface area contributed by atoms with Crippen molar-refractivity contribution < 1.29 is 9.13 Å². The third-order valence-corrected chi connectivity index (χ3v) is 2.34. The summed E-state index contributed by atoms with van der Waals surface area (Å²) < 4.78 is 18.0. The van der Waals surface area contributed by atoms with Gasteiger partial charge in [0.1, 0.15) is 11.9 Å². The number of nitrogens with zero attached hydrogens (tertiary/aromatic N) is 1. The molecule has 1 atom stereocenters. The van der Waals surface area contributed by atoms with E-state index in [1.807, 2.05) is 6.92 Å². The van der Waals surface area contributed by atoms with Gasteiger partial charge in [0.05, 0.1) is 12.7 Å². The Kier molecular flexibility index (Phi) is 4.90. The van der Waals surface area contributed by atoms with Crippen LogP contribution in [0, 0.1) is 24.1 Å². The van der Waals surface area contributed by atoms with Gasteiger partial charge in [-0.25, -0.2) is 4.39 Å². The van der Waals surface area contributed by atoms with Crippen LogP contribution >= 0.6 is 0 Å². The van der Waals surface area contributed by atoms with E-state index in [2.05, 4.69) is 11.4 Å². The van der Waals surface area contributed by atoms with E-state index in [0.717, 1.165) is 5.56 Å². The number of nitrogens with one attached hydrogen (secondary N) is 1. The van der Waals surface area contributed by atoms with Crippen LogP contribution in [0.3, 0.4) is 0 Å². The average Bonchev–Trinajstić information content (AvgIpc) is 2.28. The van der Waals surface area contributed by atoms with Crippen molar-refractivity contribution in [3.8, 4) is 6.07 Å². The van der Waals surface area contributed by atoms with Crippen LogP contribution in [0.4, 0.5) is 4.39 Å². The van der Waals surface area contributed by atoms with Gasteiger partial charge in [0, 0.05) is 13.7 Å². The van der Waals surface area contributed by atoms with Crippen LogP contribution in [0.15, 0.2) is 18.2 Å². The molecule has 0 bridgehead atoms. The van der Waals surface area contributed by atoms with Crippen molar-refractivity contribution in [1.82, 2.24) is 5.32 Å². The van der Waals surface area contributed by atoms with Crippen molar-refractivity contribution >= 4 is 0 Å². The molecule has 4 heteroatoms. The first-order valence-corrected chi connectivity index (χ1v) is 5.07. The number of rotatable bonds is 5. The zero-order valence-corrected chi connectivity index (χ0v) is 9.46. The molecule has 0 aliphatic heterocycles. The van der Waals surface area contributed by atoms with E-state index in [-0.39, 0.29) is 5.82 Å². The second-order valence-electron chi connectivity index (χ2n) is 3.51. The van der Waals surface area contributed by atoms with Crippen LogP contribution < -0.4 is 5.32 Å². The topological polar surface area (TPSA) is 45.0 Å². The van der Waals surface area contributed by atoms with Gasteiger partial charge in [-0.05, 0) is 30.2 Å². The quantitative estimate of drug-likeness (QED) is 0.774. The van der Waals surface area contributed by atoms with E-state index < -0.39 is 6.04 Å². The third kappa shape index (κ3) is 3.30. The van der Waals surface area contributed by atoms with Gasteiger partial charge in [-0.2, -0.15) is 5.26 Å². The number of hydrogen-bond acceptors (Lipinski definition) is 3. The third-order valence-electron chi connectivity index (χ3n) is 2.34. The van der Waals surface area contributed by atoms with Crippen molar-refractivity contribution in [2.75, 3.05) is 20.3 Å². The first-order valence-electron chi connectivity index (χ1n) is 5.07. The summed E-state index contributed by atoms with van der Waals surface area (Å²) >= 11 is 0. The molecule has 16 heavy (non-hydrogen) atoms. The van der Waals surface area contributed by atoms with Gasteiger partial charge in [0.15, 0.2) is 0 Å². The molecular formula is C12H15FN2O. The summed E-state index contributed by atoms with van der Waals surface area (Å²) in [6, 6.07) is 6.07. The fourth-order valence-electron chi connectivity index (χ4n) is 1.45. The van der Waals surface area contributed by atoms with Crippen LogP contribution in [0.5, 0.6) is 0 Å². The number of ether oxygens (including phenoxy) is 1. The molecule has 0 aliphatic rings. The maximum atomic E-state index is 13.1. The summed E-state index contributed by atoms with van der Waals surface area (Å²) in [5, 5.41) is 12.0. The van der Waals surface area contributed by atoms with E-state index in [9.17, 15) is 4.39 Å². The zero-order valence-electron chi connectivity index (χ0n) is 9.46. The molecule has 0 heterocycles. The van der Waals surface area contributed by atoms with Crippen LogP contribution in [0.2, 0.25) is 0 Å². The number of benzene rings is 1. The largest absolute Gasteiger partial charge is 0.383 e. The maximum absolute atomic E-state index is 13.1. The maximum Gasteiger partial charge on any atom is 0.123 e. The minimum absolute atomic E-state index is 0.325. The van der Waals surface area contributed by atoms with Crippen LogP contribution in [-0.4, -0.2) is 20.3 Å². The van der Waals surface area contributed by atoms with Crippen molar-refractivity contribution in [3.63, 3.8) is 0 Å². The van der Waals surface area contributed by atoms with E-state index in [4.69, 9.17) is 10.00 Å². The zero-order chi connectivity index (χ0) is 12.0. The summed E-state index contributed by atoms with van der Waals surface area (Å²) in [4.78, 5) is 0. The second-order valence-corrected chi connectivity index (χ2v) is 3.51. The molecule has 0 fully saturated rings.